The fourth-order valence-electron chi connectivity index (χ4n) is 2.40. The number of hydrogen-bond acceptors (Lipinski definition) is 2. The molecular weight excluding hydrogens is 238 g/mol. The van der Waals surface area contributed by atoms with E-state index >= 15 is 0 Å². The van der Waals surface area contributed by atoms with Gasteiger partial charge in [-0.1, -0.05) is 44.2 Å². The Balaban J connectivity index is 2.39. The third-order valence-electron chi connectivity index (χ3n) is 3.71. The lowest BCUT2D eigenvalue weighted by atomic mass is 9.75. The van der Waals surface area contributed by atoms with Crippen molar-refractivity contribution in [3.8, 4) is 0 Å². The number of nitrogens with two attached hydrogens (primary N) is 1. The maximum Gasteiger partial charge on any atom is 0.0398 e. The first-order valence-electron chi connectivity index (χ1n) is 6.31. The smallest absolute Gasteiger partial charge is 0.0398 e. The normalized spacial score (nSPS) is 13.6. The lowest BCUT2D eigenvalue weighted by Crippen LogP contribution is -2.33. The Bertz CT molecular complexity index is 525. The molecule has 0 aliphatic rings. The molecule has 0 aliphatic heterocycles. The van der Waals surface area contributed by atoms with E-state index in [-0.39, 0.29) is 11.5 Å². The molecule has 1 heterocycles. The van der Waals surface area contributed by atoms with Gasteiger partial charge in [-0.05, 0) is 31.0 Å². The first-order chi connectivity index (χ1) is 8.43. The monoisotopic (exact) mass is 259 g/mol. The van der Waals surface area contributed by atoms with Gasteiger partial charge in [-0.25, -0.2) is 0 Å². The van der Waals surface area contributed by atoms with Gasteiger partial charge in [-0.3, -0.25) is 0 Å². The summed E-state index contributed by atoms with van der Waals surface area (Å²) in [5, 5.41) is 0. The molecule has 2 N–H and O–H groups in total. The second-order valence-electron chi connectivity index (χ2n) is 5.43. The molecule has 18 heavy (non-hydrogen) atoms. The van der Waals surface area contributed by atoms with Crippen LogP contribution in [0.3, 0.4) is 0 Å². The van der Waals surface area contributed by atoms with Crippen LogP contribution in [-0.2, 0) is 5.41 Å². The number of benzene rings is 1. The van der Waals surface area contributed by atoms with E-state index in [4.69, 9.17) is 5.73 Å². The van der Waals surface area contributed by atoms with Crippen molar-refractivity contribution in [2.45, 2.75) is 39.2 Å². The summed E-state index contributed by atoms with van der Waals surface area (Å²) >= 11 is 1.83. The van der Waals surface area contributed by atoms with Gasteiger partial charge in [0.25, 0.3) is 0 Å². The standard InChI is InChI=1S/C16H21NS/c1-11-10-14(12(2)18-11)15(17)16(3,4)13-8-6-5-7-9-13/h5-10,15H,17H2,1-4H3. The molecule has 2 rings (SSSR count). The molecule has 0 saturated heterocycles. The SMILES string of the molecule is Cc1cc(C(N)C(C)(C)c2ccccc2)c(C)s1. The second kappa shape index (κ2) is 4.87. The van der Waals surface area contributed by atoms with Crippen molar-refractivity contribution >= 4 is 11.3 Å². The van der Waals surface area contributed by atoms with Gasteiger partial charge in [0.1, 0.15) is 0 Å². The average molecular weight is 259 g/mol. The van der Waals surface area contributed by atoms with Crippen LogP contribution in [0.25, 0.3) is 0 Å². The maximum absolute atomic E-state index is 6.53. The highest BCUT2D eigenvalue weighted by molar-refractivity contribution is 7.12. The lowest BCUT2D eigenvalue weighted by Gasteiger charge is -2.32. The van der Waals surface area contributed by atoms with E-state index in [0.717, 1.165) is 0 Å². The van der Waals surface area contributed by atoms with Crippen molar-refractivity contribution in [3.05, 3.63) is 57.3 Å². The van der Waals surface area contributed by atoms with Crippen LogP contribution in [0.2, 0.25) is 0 Å². The minimum atomic E-state index is -0.0560. The fraction of sp³-hybridized carbons (Fsp3) is 0.375. The maximum atomic E-state index is 6.53. The predicted molar refractivity (Wildman–Crippen MR) is 80.2 cm³/mol. The molecule has 96 valence electrons. The summed E-state index contributed by atoms with van der Waals surface area (Å²) in [6.45, 7) is 8.75. The van der Waals surface area contributed by atoms with Crippen LogP contribution >= 0.6 is 11.3 Å². The molecule has 2 heteroatoms. The summed E-state index contributed by atoms with van der Waals surface area (Å²) in [7, 11) is 0. The van der Waals surface area contributed by atoms with Crippen LogP contribution in [0.4, 0.5) is 0 Å². The van der Waals surface area contributed by atoms with Crippen LogP contribution in [0, 0.1) is 13.8 Å². The Labute approximate surface area is 114 Å². The van der Waals surface area contributed by atoms with Gasteiger partial charge in [0.2, 0.25) is 0 Å². The zero-order valence-corrected chi connectivity index (χ0v) is 12.3. The molecule has 1 aromatic heterocycles. The number of aryl methyl sites for hydroxylation is 2. The molecule has 0 radical (unpaired) electrons. The average Bonchev–Trinajstić information content (AvgIpc) is 2.68. The quantitative estimate of drug-likeness (QED) is 0.871. The van der Waals surface area contributed by atoms with Gasteiger partial charge in [-0.15, -0.1) is 11.3 Å². The van der Waals surface area contributed by atoms with Crippen molar-refractivity contribution in [1.82, 2.24) is 0 Å². The summed E-state index contributed by atoms with van der Waals surface area (Å²) in [6, 6.07) is 12.8. The third kappa shape index (κ3) is 2.36. The Kier molecular flexibility index (Phi) is 3.60. The topological polar surface area (TPSA) is 26.0 Å². The fourth-order valence-corrected chi connectivity index (χ4v) is 3.37. The minimum Gasteiger partial charge on any atom is -0.323 e. The highest BCUT2D eigenvalue weighted by atomic mass is 32.1. The molecule has 1 nitrogen and oxygen atoms in total. The molecule has 1 atom stereocenters. The largest absolute Gasteiger partial charge is 0.323 e. The Morgan fingerprint density at radius 2 is 1.72 bits per heavy atom. The van der Waals surface area contributed by atoms with Gasteiger partial charge >= 0.3 is 0 Å². The van der Waals surface area contributed by atoms with E-state index in [1.165, 1.54) is 20.9 Å². The molecule has 2 aromatic rings. The third-order valence-corrected chi connectivity index (χ3v) is 4.69. The summed E-state index contributed by atoms with van der Waals surface area (Å²) in [5.41, 5.74) is 9.05. The first-order valence-corrected chi connectivity index (χ1v) is 7.12. The van der Waals surface area contributed by atoms with E-state index in [1.807, 2.05) is 17.4 Å². The molecule has 0 saturated carbocycles. The summed E-state index contributed by atoms with van der Waals surface area (Å²) < 4.78 is 0. The molecule has 0 spiro atoms. The highest BCUT2D eigenvalue weighted by Gasteiger charge is 2.31. The van der Waals surface area contributed by atoms with E-state index in [9.17, 15) is 0 Å². The summed E-state index contributed by atoms with van der Waals surface area (Å²) in [5.74, 6) is 0. The highest BCUT2D eigenvalue weighted by Crippen LogP contribution is 2.38. The van der Waals surface area contributed by atoms with Gasteiger partial charge in [0.15, 0.2) is 0 Å². The van der Waals surface area contributed by atoms with E-state index in [0.29, 0.717) is 0 Å². The van der Waals surface area contributed by atoms with Crippen LogP contribution in [0.15, 0.2) is 36.4 Å². The summed E-state index contributed by atoms with van der Waals surface area (Å²) in [4.78, 5) is 2.67. The lowest BCUT2D eigenvalue weighted by molar-refractivity contribution is 0.420. The predicted octanol–water partition coefficient (Wildman–Crippen LogP) is 4.34. The molecule has 0 amide bonds. The zero-order valence-electron chi connectivity index (χ0n) is 11.5. The van der Waals surface area contributed by atoms with Gasteiger partial charge < -0.3 is 5.73 Å². The van der Waals surface area contributed by atoms with E-state index in [1.54, 1.807) is 0 Å². The zero-order chi connectivity index (χ0) is 13.3. The number of thiophene rings is 1. The minimum absolute atomic E-state index is 0.0323. The van der Waals surface area contributed by atoms with E-state index < -0.39 is 0 Å². The van der Waals surface area contributed by atoms with Crippen molar-refractivity contribution in [3.63, 3.8) is 0 Å². The summed E-state index contributed by atoms with van der Waals surface area (Å²) in [6.07, 6.45) is 0. The first kappa shape index (κ1) is 13.3. The van der Waals surface area contributed by atoms with Crippen LogP contribution < -0.4 is 5.73 Å². The molecule has 0 bridgehead atoms. The second-order valence-corrected chi connectivity index (χ2v) is 6.89. The molecule has 0 fully saturated rings. The Morgan fingerprint density at radius 1 is 1.11 bits per heavy atom. The Hall–Kier alpha value is -1.12. The molecule has 0 aliphatic carbocycles. The van der Waals surface area contributed by atoms with Gasteiger partial charge in [0.05, 0.1) is 0 Å². The molecule has 1 aromatic carbocycles. The van der Waals surface area contributed by atoms with Crippen molar-refractivity contribution in [2.24, 2.45) is 5.73 Å². The Morgan fingerprint density at radius 3 is 2.22 bits per heavy atom. The van der Waals surface area contributed by atoms with Crippen molar-refractivity contribution in [2.75, 3.05) is 0 Å². The van der Waals surface area contributed by atoms with E-state index in [2.05, 4.69) is 58.0 Å². The van der Waals surface area contributed by atoms with Crippen LogP contribution in [0.5, 0.6) is 0 Å². The van der Waals surface area contributed by atoms with Crippen LogP contribution in [-0.4, -0.2) is 0 Å². The van der Waals surface area contributed by atoms with Crippen molar-refractivity contribution < 1.29 is 0 Å². The van der Waals surface area contributed by atoms with Crippen LogP contribution in [0.1, 0.15) is 40.8 Å². The number of hydrogen-bond donors (Lipinski definition) is 1. The molecule has 1 unspecified atom stereocenters. The number of rotatable bonds is 3. The van der Waals surface area contributed by atoms with Gasteiger partial charge in [0, 0.05) is 21.2 Å². The van der Waals surface area contributed by atoms with Crippen molar-refractivity contribution in [1.29, 1.82) is 0 Å². The molecular formula is C16H21NS. The van der Waals surface area contributed by atoms with Gasteiger partial charge in [-0.2, -0.15) is 0 Å².